The molecular weight excluding hydrogens is 375 g/mol. The number of hydrogen-bond acceptors (Lipinski definition) is 2. The standard InChI is InChI=1S/C24H26F3NO/c1-4-5-21-22(29)14-15-28(20-12-8-17(9-13-20)16(2)3)23(21)18-6-10-19(11-7-18)24(25,26)27/h4,6-13,16,21,23H,1,5,14-15H2,2-3H3. The largest absolute Gasteiger partial charge is 0.416 e. The lowest BCUT2D eigenvalue weighted by Gasteiger charge is -2.42. The van der Waals surface area contributed by atoms with Crippen LogP contribution in [0, 0.1) is 5.92 Å². The van der Waals surface area contributed by atoms with E-state index in [-0.39, 0.29) is 17.7 Å². The highest BCUT2D eigenvalue weighted by molar-refractivity contribution is 5.85. The Balaban J connectivity index is 2.01. The Labute approximate surface area is 170 Å². The molecule has 0 radical (unpaired) electrons. The molecule has 1 aliphatic heterocycles. The molecule has 2 atom stereocenters. The van der Waals surface area contributed by atoms with Crippen molar-refractivity contribution in [2.75, 3.05) is 11.4 Å². The normalized spacial score (nSPS) is 20.2. The first-order valence-electron chi connectivity index (χ1n) is 9.89. The number of alkyl halides is 3. The van der Waals surface area contributed by atoms with Gasteiger partial charge < -0.3 is 4.90 Å². The van der Waals surface area contributed by atoms with E-state index in [1.54, 1.807) is 6.08 Å². The predicted molar refractivity (Wildman–Crippen MR) is 110 cm³/mol. The van der Waals surface area contributed by atoms with Gasteiger partial charge in [0.25, 0.3) is 0 Å². The molecule has 1 saturated heterocycles. The second kappa shape index (κ2) is 8.44. The molecule has 0 N–H and O–H groups in total. The zero-order valence-corrected chi connectivity index (χ0v) is 16.7. The molecule has 0 spiro atoms. The minimum Gasteiger partial charge on any atom is -0.363 e. The fourth-order valence-electron chi connectivity index (χ4n) is 4.01. The summed E-state index contributed by atoms with van der Waals surface area (Å²) in [5.41, 5.74) is 2.22. The van der Waals surface area contributed by atoms with Gasteiger partial charge in [-0.3, -0.25) is 4.79 Å². The number of halogens is 3. The van der Waals surface area contributed by atoms with Crippen molar-refractivity contribution in [3.05, 3.63) is 77.9 Å². The average Bonchev–Trinajstić information content (AvgIpc) is 2.69. The van der Waals surface area contributed by atoms with Crippen LogP contribution in [0.15, 0.2) is 61.2 Å². The molecule has 1 aliphatic rings. The van der Waals surface area contributed by atoms with Crippen LogP contribution in [0.5, 0.6) is 0 Å². The minimum absolute atomic E-state index is 0.129. The van der Waals surface area contributed by atoms with E-state index >= 15 is 0 Å². The number of allylic oxidation sites excluding steroid dienone is 1. The second-order valence-electron chi connectivity index (χ2n) is 7.85. The summed E-state index contributed by atoms with van der Waals surface area (Å²) in [5, 5.41) is 0. The van der Waals surface area contributed by atoms with Crippen molar-refractivity contribution >= 4 is 11.5 Å². The number of nitrogens with zero attached hydrogens (tertiary/aromatic N) is 1. The van der Waals surface area contributed by atoms with Gasteiger partial charge in [0.2, 0.25) is 0 Å². The van der Waals surface area contributed by atoms with Crippen molar-refractivity contribution in [2.45, 2.75) is 44.8 Å². The Morgan fingerprint density at radius 2 is 1.72 bits per heavy atom. The summed E-state index contributed by atoms with van der Waals surface area (Å²) in [6.45, 7) is 8.56. The van der Waals surface area contributed by atoms with E-state index < -0.39 is 11.7 Å². The molecule has 0 amide bonds. The molecule has 154 valence electrons. The van der Waals surface area contributed by atoms with Gasteiger partial charge in [0, 0.05) is 24.6 Å². The third-order valence-corrected chi connectivity index (χ3v) is 5.62. The van der Waals surface area contributed by atoms with Crippen molar-refractivity contribution in [3.63, 3.8) is 0 Å². The molecule has 2 aromatic rings. The van der Waals surface area contributed by atoms with Crippen LogP contribution >= 0.6 is 0 Å². The number of Topliss-reactive ketones (excluding diaryl/α,β-unsaturated/α-hetero) is 1. The fraction of sp³-hybridized carbons (Fsp3) is 0.375. The van der Waals surface area contributed by atoms with Crippen LogP contribution in [0.3, 0.4) is 0 Å². The molecule has 1 fully saturated rings. The van der Waals surface area contributed by atoms with E-state index in [1.165, 1.54) is 17.7 Å². The molecule has 2 unspecified atom stereocenters. The Bertz CT molecular complexity index is 853. The first-order valence-corrected chi connectivity index (χ1v) is 9.89. The van der Waals surface area contributed by atoms with E-state index in [1.807, 2.05) is 12.1 Å². The molecule has 0 aromatic heterocycles. The van der Waals surface area contributed by atoms with Crippen molar-refractivity contribution in [3.8, 4) is 0 Å². The van der Waals surface area contributed by atoms with E-state index in [0.717, 1.165) is 17.8 Å². The number of ketones is 1. The van der Waals surface area contributed by atoms with Crippen molar-refractivity contribution in [1.29, 1.82) is 0 Å². The third kappa shape index (κ3) is 4.55. The molecule has 0 saturated carbocycles. The molecule has 0 bridgehead atoms. The maximum absolute atomic E-state index is 13.0. The maximum atomic E-state index is 13.0. The monoisotopic (exact) mass is 401 g/mol. The number of rotatable bonds is 5. The van der Waals surface area contributed by atoms with Crippen LogP contribution in [0.2, 0.25) is 0 Å². The molecule has 5 heteroatoms. The third-order valence-electron chi connectivity index (χ3n) is 5.62. The lowest BCUT2D eigenvalue weighted by atomic mass is 9.81. The lowest BCUT2D eigenvalue weighted by molar-refractivity contribution is -0.137. The van der Waals surface area contributed by atoms with E-state index in [9.17, 15) is 18.0 Å². The van der Waals surface area contributed by atoms with Crippen LogP contribution in [0.4, 0.5) is 18.9 Å². The molecular formula is C24H26F3NO. The van der Waals surface area contributed by atoms with Gasteiger partial charge in [0.05, 0.1) is 11.6 Å². The van der Waals surface area contributed by atoms with Crippen LogP contribution in [0.1, 0.15) is 55.3 Å². The molecule has 2 nitrogen and oxygen atoms in total. The van der Waals surface area contributed by atoms with Gasteiger partial charge in [-0.25, -0.2) is 0 Å². The number of anilines is 1. The zero-order chi connectivity index (χ0) is 21.2. The summed E-state index contributed by atoms with van der Waals surface area (Å²) in [5.74, 6) is 0.207. The molecule has 3 rings (SSSR count). The highest BCUT2D eigenvalue weighted by Crippen LogP contribution is 2.40. The van der Waals surface area contributed by atoms with Gasteiger partial charge in [0.1, 0.15) is 5.78 Å². The Kier molecular flexibility index (Phi) is 6.15. The SMILES string of the molecule is C=CCC1C(=O)CCN(c2ccc(C(C)C)cc2)C1c1ccc(C(F)(F)F)cc1. The molecule has 29 heavy (non-hydrogen) atoms. The number of carbonyl (C=O) groups is 1. The summed E-state index contributed by atoms with van der Waals surface area (Å²) in [4.78, 5) is 14.8. The van der Waals surface area contributed by atoms with Gasteiger partial charge in [-0.05, 0) is 47.7 Å². The van der Waals surface area contributed by atoms with Crippen LogP contribution in [0.25, 0.3) is 0 Å². The smallest absolute Gasteiger partial charge is 0.363 e. The highest BCUT2D eigenvalue weighted by atomic mass is 19.4. The highest BCUT2D eigenvalue weighted by Gasteiger charge is 2.38. The average molecular weight is 401 g/mol. The van der Waals surface area contributed by atoms with Gasteiger partial charge in [0.15, 0.2) is 0 Å². The van der Waals surface area contributed by atoms with Crippen LogP contribution in [-0.4, -0.2) is 12.3 Å². The van der Waals surface area contributed by atoms with Gasteiger partial charge >= 0.3 is 6.18 Å². The summed E-state index contributed by atoms with van der Waals surface area (Å²) in [7, 11) is 0. The van der Waals surface area contributed by atoms with E-state index in [0.29, 0.717) is 30.9 Å². The zero-order valence-electron chi connectivity index (χ0n) is 16.7. The maximum Gasteiger partial charge on any atom is 0.416 e. The van der Waals surface area contributed by atoms with Crippen molar-refractivity contribution in [1.82, 2.24) is 0 Å². The number of hydrogen-bond donors (Lipinski definition) is 0. The van der Waals surface area contributed by atoms with Crippen LogP contribution in [-0.2, 0) is 11.0 Å². The number of benzene rings is 2. The number of carbonyl (C=O) groups excluding carboxylic acids is 1. The van der Waals surface area contributed by atoms with Gasteiger partial charge in [-0.15, -0.1) is 6.58 Å². The quantitative estimate of drug-likeness (QED) is 0.530. The first-order chi connectivity index (χ1) is 13.7. The summed E-state index contributed by atoms with van der Waals surface area (Å²) >= 11 is 0. The molecule has 2 aromatic carbocycles. The predicted octanol–water partition coefficient (Wildman–Crippen LogP) is 6.54. The van der Waals surface area contributed by atoms with Crippen LogP contribution < -0.4 is 4.90 Å². The first kappa shape index (κ1) is 21.2. The summed E-state index contributed by atoms with van der Waals surface area (Å²) in [6.07, 6.45) is -1.76. The Morgan fingerprint density at radius 1 is 1.10 bits per heavy atom. The topological polar surface area (TPSA) is 20.3 Å². The van der Waals surface area contributed by atoms with E-state index in [2.05, 4.69) is 37.5 Å². The molecule has 1 heterocycles. The minimum atomic E-state index is -4.38. The lowest BCUT2D eigenvalue weighted by Crippen LogP contribution is -2.43. The Morgan fingerprint density at radius 3 is 2.24 bits per heavy atom. The van der Waals surface area contributed by atoms with Crippen molar-refractivity contribution in [2.24, 2.45) is 5.92 Å². The number of piperidine rings is 1. The fourth-order valence-corrected chi connectivity index (χ4v) is 4.01. The molecule has 0 aliphatic carbocycles. The summed E-state index contributed by atoms with van der Waals surface area (Å²) in [6, 6.07) is 13.1. The van der Waals surface area contributed by atoms with Crippen molar-refractivity contribution < 1.29 is 18.0 Å². The summed E-state index contributed by atoms with van der Waals surface area (Å²) < 4.78 is 39.0. The van der Waals surface area contributed by atoms with Gasteiger partial charge in [-0.1, -0.05) is 44.2 Å². The van der Waals surface area contributed by atoms with E-state index in [4.69, 9.17) is 0 Å². The Hall–Kier alpha value is -2.56. The van der Waals surface area contributed by atoms with Gasteiger partial charge in [-0.2, -0.15) is 13.2 Å². The second-order valence-corrected chi connectivity index (χ2v) is 7.85.